The predicted molar refractivity (Wildman–Crippen MR) is 109 cm³/mol. The predicted octanol–water partition coefficient (Wildman–Crippen LogP) is 2.94. The Hall–Kier alpha value is -2.19. The van der Waals surface area contributed by atoms with Crippen molar-refractivity contribution in [2.75, 3.05) is 26.9 Å². The third kappa shape index (κ3) is 7.52. The van der Waals surface area contributed by atoms with Crippen molar-refractivity contribution in [2.45, 2.75) is 39.8 Å². The molecular formula is C19H29N5O2S. The van der Waals surface area contributed by atoms with E-state index in [2.05, 4.69) is 44.8 Å². The SMILES string of the molecule is CCNC(=NCc1ccc(OCCOC)nc1)NCc1nc(C(C)C)cs1. The van der Waals surface area contributed by atoms with Crippen LogP contribution in [0.2, 0.25) is 0 Å². The fraction of sp³-hybridized carbons (Fsp3) is 0.526. The summed E-state index contributed by atoms with van der Waals surface area (Å²) in [5.74, 6) is 1.81. The van der Waals surface area contributed by atoms with Crippen molar-refractivity contribution in [3.05, 3.63) is 40.0 Å². The average molecular weight is 392 g/mol. The van der Waals surface area contributed by atoms with Gasteiger partial charge < -0.3 is 20.1 Å². The first-order valence-electron chi connectivity index (χ1n) is 9.15. The molecule has 0 aliphatic heterocycles. The maximum absolute atomic E-state index is 5.47. The molecule has 0 amide bonds. The molecule has 2 aromatic heterocycles. The van der Waals surface area contributed by atoms with E-state index in [1.54, 1.807) is 24.6 Å². The minimum absolute atomic E-state index is 0.450. The van der Waals surface area contributed by atoms with Crippen molar-refractivity contribution in [3.63, 3.8) is 0 Å². The summed E-state index contributed by atoms with van der Waals surface area (Å²) in [5, 5.41) is 9.77. The lowest BCUT2D eigenvalue weighted by Crippen LogP contribution is -2.36. The first-order chi connectivity index (χ1) is 13.1. The van der Waals surface area contributed by atoms with Crippen LogP contribution in [-0.4, -0.2) is 42.8 Å². The number of nitrogens with zero attached hydrogens (tertiary/aromatic N) is 3. The minimum atomic E-state index is 0.450. The standard InChI is InChI=1S/C19H29N5O2S/c1-5-20-19(23-12-18-24-16(13-27-18)14(2)3)22-11-15-6-7-17(21-10-15)26-9-8-25-4/h6-7,10,13-14H,5,8-9,11-12H2,1-4H3,(H2,20,22,23). The first kappa shape index (κ1) is 21.1. The van der Waals surface area contributed by atoms with E-state index in [1.165, 1.54) is 0 Å². The zero-order valence-corrected chi connectivity index (χ0v) is 17.3. The summed E-state index contributed by atoms with van der Waals surface area (Å²) in [5.41, 5.74) is 2.15. The van der Waals surface area contributed by atoms with Crippen molar-refractivity contribution in [3.8, 4) is 5.88 Å². The van der Waals surface area contributed by atoms with Gasteiger partial charge in [-0.25, -0.2) is 15.0 Å². The Kier molecular flexibility index (Phi) is 9.00. The van der Waals surface area contributed by atoms with Crippen LogP contribution >= 0.6 is 11.3 Å². The van der Waals surface area contributed by atoms with Gasteiger partial charge in [-0.1, -0.05) is 19.9 Å². The number of methoxy groups -OCH3 is 1. The van der Waals surface area contributed by atoms with Gasteiger partial charge in [-0.05, 0) is 18.4 Å². The van der Waals surface area contributed by atoms with Crippen LogP contribution in [0, 0.1) is 0 Å². The van der Waals surface area contributed by atoms with Gasteiger partial charge in [0.25, 0.3) is 0 Å². The summed E-state index contributed by atoms with van der Waals surface area (Å²) in [6.07, 6.45) is 1.78. The normalized spacial score (nSPS) is 11.7. The minimum Gasteiger partial charge on any atom is -0.475 e. The molecule has 0 bridgehead atoms. The molecule has 0 aliphatic carbocycles. The zero-order valence-electron chi connectivity index (χ0n) is 16.5. The average Bonchev–Trinajstić information content (AvgIpc) is 3.15. The van der Waals surface area contributed by atoms with Crippen LogP contribution < -0.4 is 15.4 Å². The number of hydrogen-bond acceptors (Lipinski definition) is 6. The molecule has 0 aromatic carbocycles. The van der Waals surface area contributed by atoms with Gasteiger partial charge in [0.2, 0.25) is 5.88 Å². The molecule has 148 valence electrons. The van der Waals surface area contributed by atoms with E-state index in [0.717, 1.165) is 28.8 Å². The molecule has 8 heteroatoms. The Morgan fingerprint density at radius 1 is 1.26 bits per heavy atom. The lowest BCUT2D eigenvalue weighted by molar-refractivity contribution is 0.143. The molecule has 2 heterocycles. The highest BCUT2D eigenvalue weighted by Gasteiger charge is 2.06. The summed E-state index contributed by atoms with van der Waals surface area (Å²) in [7, 11) is 1.64. The Labute approximate surface area is 165 Å². The molecule has 2 rings (SSSR count). The fourth-order valence-corrected chi connectivity index (χ4v) is 3.06. The van der Waals surface area contributed by atoms with Crippen molar-refractivity contribution < 1.29 is 9.47 Å². The number of ether oxygens (including phenoxy) is 2. The third-order valence-corrected chi connectivity index (χ3v) is 4.53. The molecule has 2 aromatic rings. The van der Waals surface area contributed by atoms with Crippen molar-refractivity contribution in [1.29, 1.82) is 0 Å². The number of thiazole rings is 1. The number of aromatic nitrogens is 2. The van der Waals surface area contributed by atoms with Crippen LogP contribution in [0.15, 0.2) is 28.7 Å². The van der Waals surface area contributed by atoms with E-state index in [-0.39, 0.29) is 0 Å². The smallest absolute Gasteiger partial charge is 0.213 e. The Morgan fingerprint density at radius 2 is 2.11 bits per heavy atom. The van der Waals surface area contributed by atoms with Crippen molar-refractivity contribution in [2.24, 2.45) is 4.99 Å². The second-order valence-corrected chi connectivity index (χ2v) is 7.16. The molecule has 0 fully saturated rings. The molecule has 0 atom stereocenters. The molecule has 0 aliphatic rings. The fourth-order valence-electron chi connectivity index (χ4n) is 2.16. The summed E-state index contributed by atoms with van der Waals surface area (Å²) in [4.78, 5) is 13.5. The van der Waals surface area contributed by atoms with E-state index < -0.39 is 0 Å². The van der Waals surface area contributed by atoms with Crippen LogP contribution in [0.5, 0.6) is 5.88 Å². The summed E-state index contributed by atoms with van der Waals surface area (Å²) >= 11 is 1.67. The third-order valence-electron chi connectivity index (χ3n) is 3.67. The highest BCUT2D eigenvalue weighted by atomic mass is 32.1. The van der Waals surface area contributed by atoms with E-state index in [0.29, 0.717) is 38.1 Å². The number of guanidine groups is 1. The highest BCUT2D eigenvalue weighted by molar-refractivity contribution is 7.09. The zero-order chi connectivity index (χ0) is 19.5. The quantitative estimate of drug-likeness (QED) is 0.368. The van der Waals surface area contributed by atoms with Crippen LogP contribution in [-0.2, 0) is 17.8 Å². The number of rotatable bonds is 10. The molecule has 0 unspecified atom stereocenters. The van der Waals surface area contributed by atoms with Gasteiger partial charge in [-0.3, -0.25) is 0 Å². The summed E-state index contributed by atoms with van der Waals surface area (Å²) < 4.78 is 10.4. The monoisotopic (exact) mass is 391 g/mol. The molecule has 0 saturated heterocycles. The van der Waals surface area contributed by atoms with E-state index in [4.69, 9.17) is 9.47 Å². The molecular weight excluding hydrogens is 362 g/mol. The number of aliphatic imine (C=N–C) groups is 1. The second-order valence-electron chi connectivity index (χ2n) is 6.22. The largest absolute Gasteiger partial charge is 0.475 e. The Bertz CT molecular complexity index is 700. The van der Waals surface area contributed by atoms with Gasteiger partial charge in [0.15, 0.2) is 5.96 Å². The van der Waals surface area contributed by atoms with Gasteiger partial charge >= 0.3 is 0 Å². The lowest BCUT2D eigenvalue weighted by atomic mass is 10.2. The molecule has 7 nitrogen and oxygen atoms in total. The summed E-state index contributed by atoms with van der Waals surface area (Å²) in [6.45, 7) is 9.38. The van der Waals surface area contributed by atoms with Gasteiger partial charge in [0.05, 0.1) is 25.4 Å². The van der Waals surface area contributed by atoms with Crippen molar-refractivity contribution in [1.82, 2.24) is 20.6 Å². The molecule has 0 radical (unpaired) electrons. The maximum atomic E-state index is 5.47. The Balaban J connectivity index is 1.88. The van der Waals surface area contributed by atoms with Gasteiger partial charge in [-0.15, -0.1) is 11.3 Å². The first-order valence-corrected chi connectivity index (χ1v) is 10.0. The Morgan fingerprint density at radius 3 is 2.74 bits per heavy atom. The van der Waals surface area contributed by atoms with E-state index in [9.17, 15) is 0 Å². The van der Waals surface area contributed by atoms with E-state index >= 15 is 0 Å². The van der Waals surface area contributed by atoms with Crippen LogP contribution in [0.3, 0.4) is 0 Å². The van der Waals surface area contributed by atoms with Gasteiger partial charge in [0.1, 0.15) is 11.6 Å². The van der Waals surface area contributed by atoms with Crippen LogP contribution in [0.1, 0.15) is 43.0 Å². The number of nitrogens with one attached hydrogen (secondary N) is 2. The number of pyridine rings is 1. The van der Waals surface area contributed by atoms with Gasteiger partial charge in [0, 0.05) is 31.3 Å². The maximum Gasteiger partial charge on any atom is 0.213 e. The molecule has 0 saturated carbocycles. The van der Waals surface area contributed by atoms with Crippen molar-refractivity contribution >= 4 is 17.3 Å². The topological polar surface area (TPSA) is 80.7 Å². The highest BCUT2D eigenvalue weighted by Crippen LogP contribution is 2.17. The van der Waals surface area contributed by atoms with Crippen LogP contribution in [0.25, 0.3) is 0 Å². The molecule has 0 spiro atoms. The van der Waals surface area contributed by atoms with E-state index in [1.807, 2.05) is 19.1 Å². The molecule has 27 heavy (non-hydrogen) atoms. The van der Waals surface area contributed by atoms with Gasteiger partial charge in [-0.2, -0.15) is 0 Å². The molecule has 2 N–H and O–H groups in total. The summed E-state index contributed by atoms with van der Waals surface area (Å²) in [6, 6.07) is 3.82. The second kappa shape index (κ2) is 11.5. The van der Waals surface area contributed by atoms with Crippen LogP contribution in [0.4, 0.5) is 0 Å². The number of hydrogen-bond donors (Lipinski definition) is 2. The lowest BCUT2D eigenvalue weighted by Gasteiger charge is -2.10.